The number of halogens is 1. The number of ether oxygens (including phenoxy) is 1. The van der Waals surface area contributed by atoms with Crippen molar-refractivity contribution in [3.8, 4) is 5.75 Å². The highest BCUT2D eigenvalue weighted by atomic mass is 19.1. The molecule has 0 N–H and O–H groups in total. The Morgan fingerprint density at radius 2 is 1.85 bits per heavy atom. The number of carbonyl (C=O) groups is 1. The minimum atomic E-state index is -0.305. The van der Waals surface area contributed by atoms with Gasteiger partial charge in [-0.3, -0.25) is 4.79 Å². The van der Waals surface area contributed by atoms with E-state index in [-0.39, 0.29) is 11.7 Å². The molecular weight excluding hydrogens is 333 g/mol. The van der Waals surface area contributed by atoms with Crippen molar-refractivity contribution in [1.82, 2.24) is 4.90 Å². The molecule has 1 aromatic heterocycles. The number of benzene rings is 2. The SMILES string of the molecule is COc1cccc(C(=O)N(Cc2ccc(F)cc2)Cc2ccc(C)o2)c1. The van der Waals surface area contributed by atoms with E-state index >= 15 is 0 Å². The van der Waals surface area contributed by atoms with Gasteiger partial charge in [0.05, 0.1) is 13.7 Å². The third-order valence-electron chi connectivity index (χ3n) is 4.03. The maximum absolute atomic E-state index is 13.2. The van der Waals surface area contributed by atoms with Crippen LogP contribution in [0, 0.1) is 12.7 Å². The first-order chi connectivity index (χ1) is 12.5. The molecule has 1 amide bonds. The van der Waals surface area contributed by atoms with Crippen LogP contribution in [0.3, 0.4) is 0 Å². The van der Waals surface area contributed by atoms with Gasteiger partial charge in [0.1, 0.15) is 23.1 Å². The molecule has 0 atom stereocenters. The molecule has 2 aromatic carbocycles. The average Bonchev–Trinajstić information content (AvgIpc) is 3.07. The van der Waals surface area contributed by atoms with E-state index < -0.39 is 0 Å². The number of nitrogens with zero attached hydrogens (tertiary/aromatic N) is 1. The van der Waals surface area contributed by atoms with Crippen LogP contribution in [-0.2, 0) is 13.1 Å². The number of furan rings is 1. The highest BCUT2D eigenvalue weighted by molar-refractivity contribution is 5.94. The maximum atomic E-state index is 13.2. The van der Waals surface area contributed by atoms with E-state index in [9.17, 15) is 9.18 Å². The Balaban J connectivity index is 1.87. The fourth-order valence-electron chi connectivity index (χ4n) is 2.71. The highest BCUT2D eigenvalue weighted by Crippen LogP contribution is 2.19. The molecule has 0 unspecified atom stereocenters. The van der Waals surface area contributed by atoms with E-state index in [1.165, 1.54) is 12.1 Å². The van der Waals surface area contributed by atoms with Gasteiger partial charge in [0.25, 0.3) is 5.91 Å². The summed E-state index contributed by atoms with van der Waals surface area (Å²) < 4.78 is 24.0. The van der Waals surface area contributed by atoms with Gasteiger partial charge in [0.15, 0.2) is 0 Å². The smallest absolute Gasteiger partial charge is 0.254 e. The van der Waals surface area contributed by atoms with Crippen LogP contribution in [0.1, 0.15) is 27.4 Å². The largest absolute Gasteiger partial charge is 0.497 e. The Kier molecular flexibility index (Phi) is 5.37. The molecule has 3 aromatic rings. The van der Waals surface area contributed by atoms with Crippen molar-refractivity contribution in [2.75, 3.05) is 7.11 Å². The number of aryl methyl sites for hydroxylation is 1. The van der Waals surface area contributed by atoms with Gasteiger partial charge in [-0.25, -0.2) is 4.39 Å². The van der Waals surface area contributed by atoms with Crippen molar-refractivity contribution >= 4 is 5.91 Å². The van der Waals surface area contributed by atoms with Gasteiger partial charge in [-0.05, 0) is 55.0 Å². The van der Waals surface area contributed by atoms with Crippen molar-refractivity contribution in [2.45, 2.75) is 20.0 Å². The molecule has 0 fully saturated rings. The standard InChI is InChI=1S/C21H20FNO3/c1-15-6-11-20(26-15)14-23(13-16-7-9-18(22)10-8-16)21(24)17-4-3-5-19(12-17)25-2/h3-12H,13-14H2,1-2H3. The summed E-state index contributed by atoms with van der Waals surface area (Å²) in [6.07, 6.45) is 0. The monoisotopic (exact) mass is 353 g/mol. The van der Waals surface area contributed by atoms with Crippen LogP contribution in [0.5, 0.6) is 5.75 Å². The summed E-state index contributed by atoms with van der Waals surface area (Å²) in [6.45, 7) is 2.52. The molecule has 5 heteroatoms. The van der Waals surface area contributed by atoms with Crippen molar-refractivity contribution in [3.63, 3.8) is 0 Å². The minimum Gasteiger partial charge on any atom is -0.497 e. The van der Waals surface area contributed by atoms with Crippen molar-refractivity contribution in [3.05, 3.63) is 89.1 Å². The fraction of sp³-hybridized carbons (Fsp3) is 0.190. The quantitative estimate of drug-likeness (QED) is 0.651. The fourth-order valence-corrected chi connectivity index (χ4v) is 2.71. The lowest BCUT2D eigenvalue weighted by molar-refractivity contribution is 0.0716. The third-order valence-corrected chi connectivity index (χ3v) is 4.03. The summed E-state index contributed by atoms with van der Waals surface area (Å²) in [4.78, 5) is 14.7. The zero-order valence-electron chi connectivity index (χ0n) is 14.7. The second-order valence-electron chi connectivity index (χ2n) is 6.03. The maximum Gasteiger partial charge on any atom is 0.254 e. The lowest BCUT2D eigenvalue weighted by Crippen LogP contribution is -2.30. The van der Waals surface area contributed by atoms with Gasteiger partial charge in [-0.1, -0.05) is 18.2 Å². The summed E-state index contributed by atoms with van der Waals surface area (Å²) >= 11 is 0. The molecule has 0 radical (unpaired) electrons. The first-order valence-corrected chi connectivity index (χ1v) is 8.28. The van der Waals surface area contributed by atoms with Crippen LogP contribution < -0.4 is 4.74 Å². The molecule has 0 aliphatic heterocycles. The molecule has 0 bridgehead atoms. The molecule has 0 aliphatic rings. The lowest BCUT2D eigenvalue weighted by Gasteiger charge is -2.22. The predicted molar refractivity (Wildman–Crippen MR) is 96.4 cm³/mol. The lowest BCUT2D eigenvalue weighted by atomic mass is 10.1. The zero-order chi connectivity index (χ0) is 18.5. The highest BCUT2D eigenvalue weighted by Gasteiger charge is 2.19. The Hall–Kier alpha value is -3.08. The molecule has 26 heavy (non-hydrogen) atoms. The Bertz CT molecular complexity index is 886. The molecule has 134 valence electrons. The summed E-state index contributed by atoms with van der Waals surface area (Å²) in [5, 5.41) is 0. The van der Waals surface area contributed by atoms with Gasteiger partial charge < -0.3 is 14.1 Å². The van der Waals surface area contributed by atoms with E-state index in [0.717, 1.165) is 11.3 Å². The first kappa shape index (κ1) is 17.7. The average molecular weight is 353 g/mol. The number of carbonyl (C=O) groups excluding carboxylic acids is 1. The molecule has 3 rings (SSSR count). The number of amides is 1. The van der Waals surface area contributed by atoms with Crippen LogP contribution >= 0.6 is 0 Å². The number of rotatable bonds is 6. The molecule has 0 aliphatic carbocycles. The Morgan fingerprint density at radius 3 is 2.50 bits per heavy atom. The van der Waals surface area contributed by atoms with E-state index in [1.54, 1.807) is 48.4 Å². The number of hydrogen-bond donors (Lipinski definition) is 0. The number of methoxy groups -OCH3 is 1. The van der Waals surface area contributed by atoms with Crippen LogP contribution in [0.2, 0.25) is 0 Å². The van der Waals surface area contributed by atoms with Crippen molar-refractivity contribution in [1.29, 1.82) is 0 Å². The molecule has 1 heterocycles. The van der Waals surface area contributed by atoms with E-state index in [2.05, 4.69) is 0 Å². The van der Waals surface area contributed by atoms with Gasteiger partial charge in [0, 0.05) is 12.1 Å². The van der Waals surface area contributed by atoms with Crippen molar-refractivity contribution in [2.24, 2.45) is 0 Å². The summed E-state index contributed by atoms with van der Waals surface area (Å²) in [5.41, 5.74) is 1.36. The second-order valence-corrected chi connectivity index (χ2v) is 6.03. The van der Waals surface area contributed by atoms with Gasteiger partial charge in [-0.2, -0.15) is 0 Å². The summed E-state index contributed by atoms with van der Waals surface area (Å²) in [7, 11) is 1.56. The van der Waals surface area contributed by atoms with Crippen LogP contribution in [0.4, 0.5) is 4.39 Å². The topological polar surface area (TPSA) is 42.7 Å². The van der Waals surface area contributed by atoms with Crippen LogP contribution in [-0.4, -0.2) is 17.9 Å². The molecule has 0 saturated heterocycles. The number of hydrogen-bond acceptors (Lipinski definition) is 3. The van der Waals surface area contributed by atoms with Crippen LogP contribution in [0.25, 0.3) is 0 Å². The molecule has 0 spiro atoms. The zero-order valence-corrected chi connectivity index (χ0v) is 14.7. The van der Waals surface area contributed by atoms with Gasteiger partial charge in [0.2, 0.25) is 0 Å². The minimum absolute atomic E-state index is 0.151. The molecular formula is C21H20FNO3. The second kappa shape index (κ2) is 7.87. The van der Waals surface area contributed by atoms with Gasteiger partial charge >= 0.3 is 0 Å². The predicted octanol–water partition coefficient (Wildman–Crippen LogP) is 4.58. The summed E-state index contributed by atoms with van der Waals surface area (Å²) in [5.74, 6) is 1.64. The third kappa shape index (κ3) is 4.30. The van der Waals surface area contributed by atoms with E-state index in [4.69, 9.17) is 9.15 Å². The first-order valence-electron chi connectivity index (χ1n) is 8.28. The van der Waals surface area contributed by atoms with E-state index in [0.29, 0.717) is 30.2 Å². The molecule has 0 saturated carbocycles. The normalized spacial score (nSPS) is 10.6. The van der Waals surface area contributed by atoms with Crippen LogP contribution in [0.15, 0.2) is 65.1 Å². The Morgan fingerprint density at radius 1 is 1.08 bits per heavy atom. The van der Waals surface area contributed by atoms with E-state index in [1.807, 2.05) is 19.1 Å². The van der Waals surface area contributed by atoms with Crippen molar-refractivity contribution < 1.29 is 18.3 Å². The van der Waals surface area contributed by atoms with Gasteiger partial charge in [-0.15, -0.1) is 0 Å². The Labute approximate surface area is 151 Å². The molecule has 4 nitrogen and oxygen atoms in total. The summed E-state index contributed by atoms with van der Waals surface area (Å²) in [6, 6.07) is 16.9.